The molecular formula is C10H7NO5. The second kappa shape index (κ2) is 5.40. The third-order valence-corrected chi connectivity index (χ3v) is 1.68. The Morgan fingerprint density at radius 1 is 1.31 bits per heavy atom. The number of nitrogens with zero attached hydrogens (tertiary/aromatic N) is 1. The SMILES string of the molecule is O=COC(=O)/C=C/c1ccc([N+](=O)[O-])cc1. The molecule has 0 radical (unpaired) electrons. The van der Waals surface area contributed by atoms with Crippen LogP contribution >= 0.6 is 0 Å². The molecule has 0 aliphatic rings. The Morgan fingerprint density at radius 2 is 1.94 bits per heavy atom. The molecule has 0 atom stereocenters. The van der Waals surface area contributed by atoms with E-state index in [0.29, 0.717) is 5.56 Å². The van der Waals surface area contributed by atoms with Crippen molar-refractivity contribution in [1.29, 1.82) is 0 Å². The minimum Gasteiger partial charge on any atom is -0.392 e. The molecule has 0 aliphatic heterocycles. The summed E-state index contributed by atoms with van der Waals surface area (Å²) in [6.07, 6.45) is 2.44. The summed E-state index contributed by atoms with van der Waals surface area (Å²) in [5.41, 5.74) is 0.557. The molecule has 1 aromatic carbocycles. The largest absolute Gasteiger partial charge is 0.392 e. The Hall–Kier alpha value is -2.50. The molecular weight excluding hydrogens is 214 g/mol. The molecule has 0 heterocycles. The van der Waals surface area contributed by atoms with E-state index in [-0.39, 0.29) is 12.2 Å². The van der Waals surface area contributed by atoms with Crippen LogP contribution in [0.1, 0.15) is 5.56 Å². The highest BCUT2D eigenvalue weighted by Gasteiger charge is 2.02. The van der Waals surface area contributed by atoms with Gasteiger partial charge in [-0.25, -0.2) is 4.79 Å². The zero-order chi connectivity index (χ0) is 12.0. The average molecular weight is 221 g/mol. The molecule has 1 aromatic rings. The van der Waals surface area contributed by atoms with Gasteiger partial charge < -0.3 is 4.74 Å². The molecule has 82 valence electrons. The Kier molecular flexibility index (Phi) is 3.90. The van der Waals surface area contributed by atoms with Crippen LogP contribution in [-0.2, 0) is 14.3 Å². The van der Waals surface area contributed by atoms with E-state index >= 15 is 0 Å². The summed E-state index contributed by atoms with van der Waals surface area (Å²) in [5.74, 6) is -0.798. The van der Waals surface area contributed by atoms with Crippen molar-refractivity contribution in [2.75, 3.05) is 0 Å². The summed E-state index contributed by atoms with van der Waals surface area (Å²) in [7, 11) is 0. The van der Waals surface area contributed by atoms with Gasteiger partial charge in [-0.3, -0.25) is 14.9 Å². The Labute approximate surface area is 90.3 Å². The number of esters is 1. The van der Waals surface area contributed by atoms with Crippen LogP contribution in [0.4, 0.5) is 5.69 Å². The Morgan fingerprint density at radius 3 is 2.44 bits per heavy atom. The van der Waals surface area contributed by atoms with Gasteiger partial charge in [0.15, 0.2) is 0 Å². The molecule has 0 aliphatic carbocycles. The monoisotopic (exact) mass is 221 g/mol. The molecule has 0 saturated heterocycles. The second-order valence-corrected chi connectivity index (χ2v) is 2.72. The van der Waals surface area contributed by atoms with E-state index in [1.807, 2.05) is 0 Å². The zero-order valence-electron chi connectivity index (χ0n) is 8.03. The van der Waals surface area contributed by atoms with Crippen molar-refractivity contribution in [3.05, 3.63) is 46.0 Å². The highest BCUT2D eigenvalue weighted by Crippen LogP contribution is 2.12. The fourth-order valence-corrected chi connectivity index (χ4v) is 0.958. The van der Waals surface area contributed by atoms with Crippen molar-refractivity contribution in [3.63, 3.8) is 0 Å². The fourth-order valence-electron chi connectivity index (χ4n) is 0.958. The summed E-state index contributed by atoms with van der Waals surface area (Å²) >= 11 is 0. The molecule has 6 nitrogen and oxygen atoms in total. The number of rotatable bonds is 4. The van der Waals surface area contributed by atoms with Crippen molar-refractivity contribution in [2.24, 2.45) is 0 Å². The van der Waals surface area contributed by atoms with Crippen LogP contribution in [0.5, 0.6) is 0 Å². The summed E-state index contributed by atoms with van der Waals surface area (Å²) in [6, 6.07) is 5.57. The molecule has 0 aromatic heterocycles. The van der Waals surface area contributed by atoms with E-state index in [9.17, 15) is 19.7 Å². The number of nitro benzene ring substituents is 1. The van der Waals surface area contributed by atoms with Gasteiger partial charge in [0, 0.05) is 18.2 Å². The van der Waals surface area contributed by atoms with E-state index < -0.39 is 10.9 Å². The van der Waals surface area contributed by atoms with Gasteiger partial charge in [-0.15, -0.1) is 0 Å². The molecule has 0 amide bonds. The molecule has 0 bridgehead atoms. The first-order valence-electron chi connectivity index (χ1n) is 4.20. The first-order valence-corrected chi connectivity index (χ1v) is 4.20. The maximum Gasteiger partial charge on any atom is 0.338 e. The van der Waals surface area contributed by atoms with E-state index in [2.05, 4.69) is 4.74 Å². The summed E-state index contributed by atoms with van der Waals surface area (Å²) in [6.45, 7) is 0.0303. The van der Waals surface area contributed by atoms with Gasteiger partial charge in [-0.2, -0.15) is 0 Å². The minimum absolute atomic E-state index is 0.0303. The number of carbonyl (C=O) groups is 2. The van der Waals surface area contributed by atoms with Crippen molar-refractivity contribution < 1.29 is 19.2 Å². The predicted molar refractivity (Wildman–Crippen MR) is 54.3 cm³/mol. The van der Waals surface area contributed by atoms with Crippen LogP contribution in [0, 0.1) is 10.1 Å². The van der Waals surface area contributed by atoms with Crippen LogP contribution in [0.25, 0.3) is 6.08 Å². The standard InChI is InChI=1S/C10H7NO5/c12-7-16-10(13)6-3-8-1-4-9(5-2-8)11(14)15/h1-7H/b6-3+. The number of benzene rings is 1. The van der Waals surface area contributed by atoms with Gasteiger partial charge in [0.05, 0.1) is 4.92 Å². The van der Waals surface area contributed by atoms with Gasteiger partial charge in [-0.05, 0) is 23.8 Å². The average Bonchev–Trinajstić information content (AvgIpc) is 2.27. The maximum absolute atomic E-state index is 10.7. The van der Waals surface area contributed by atoms with E-state index in [0.717, 1.165) is 6.08 Å². The van der Waals surface area contributed by atoms with Gasteiger partial charge >= 0.3 is 12.4 Å². The molecule has 16 heavy (non-hydrogen) atoms. The van der Waals surface area contributed by atoms with Crippen LogP contribution in [0.3, 0.4) is 0 Å². The van der Waals surface area contributed by atoms with Gasteiger partial charge in [0.2, 0.25) is 0 Å². The third kappa shape index (κ3) is 3.33. The van der Waals surface area contributed by atoms with Gasteiger partial charge in [0.1, 0.15) is 0 Å². The number of ether oxygens (including phenoxy) is 1. The Balaban J connectivity index is 2.72. The molecule has 0 fully saturated rings. The first-order chi connectivity index (χ1) is 7.63. The lowest BCUT2D eigenvalue weighted by Crippen LogP contribution is -1.96. The predicted octanol–water partition coefficient (Wildman–Crippen LogP) is 1.31. The summed E-state index contributed by atoms with van der Waals surface area (Å²) < 4.78 is 4.01. The topological polar surface area (TPSA) is 86.5 Å². The first kappa shape index (κ1) is 11.6. The number of non-ortho nitro benzene ring substituents is 1. The molecule has 0 spiro atoms. The third-order valence-electron chi connectivity index (χ3n) is 1.68. The number of nitro groups is 1. The van der Waals surface area contributed by atoms with E-state index in [1.165, 1.54) is 30.3 Å². The fraction of sp³-hybridized carbons (Fsp3) is 0. The van der Waals surface area contributed by atoms with Gasteiger partial charge in [0.25, 0.3) is 5.69 Å². The smallest absolute Gasteiger partial charge is 0.338 e. The van der Waals surface area contributed by atoms with E-state index in [1.54, 1.807) is 0 Å². The number of hydrogen-bond donors (Lipinski definition) is 0. The highest BCUT2D eigenvalue weighted by atomic mass is 16.6. The van der Waals surface area contributed by atoms with E-state index in [4.69, 9.17) is 0 Å². The van der Waals surface area contributed by atoms with Crippen LogP contribution in [0.2, 0.25) is 0 Å². The minimum atomic E-state index is -0.798. The van der Waals surface area contributed by atoms with Crippen molar-refractivity contribution in [3.8, 4) is 0 Å². The molecule has 0 unspecified atom stereocenters. The van der Waals surface area contributed by atoms with Gasteiger partial charge in [-0.1, -0.05) is 0 Å². The van der Waals surface area contributed by atoms with Crippen LogP contribution in [-0.4, -0.2) is 17.4 Å². The second-order valence-electron chi connectivity index (χ2n) is 2.72. The highest BCUT2D eigenvalue weighted by molar-refractivity contribution is 5.90. The maximum atomic E-state index is 10.7. The van der Waals surface area contributed by atoms with Crippen molar-refractivity contribution in [1.82, 2.24) is 0 Å². The van der Waals surface area contributed by atoms with Crippen molar-refractivity contribution in [2.45, 2.75) is 0 Å². The van der Waals surface area contributed by atoms with Crippen molar-refractivity contribution >= 4 is 24.2 Å². The van der Waals surface area contributed by atoms with Crippen LogP contribution < -0.4 is 0 Å². The summed E-state index contributed by atoms with van der Waals surface area (Å²) in [5, 5.41) is 10.3. The lowest BCUT2D eigenvalue weighted by atomic mass is 10.2. The normalized spacial score (nSPS) is 10.0. The number of hydrogen-bond acceptors (Lipinski definition) is 5. The molecule has 0 N–H and O–H groups in total. The Bertz CT molecular complexity index is 435. The molecule has 6 heteroatoms. The molecule has 0 saturated carbocycles. The quantitative estimate of drug-likeness (QED) is 0.191. The number of carbonyl (C=O) groups excluding carboxylic acids is 2. The van der Waals surface area contributed by atoms with Crippen LogP contribution in [0.15, 0.2) is 30.3 Å². The lowest BCUT2D eigenvalue weighted by molar-refractivity contribution is -0.384. The lowest BCUT2D eigenvalue weighted by Gasteiger charge is -1.93. The summed E-state index contributed by atoms with van der Waals surface area (Å²) in [4.78, 5) is 30.4. The molecule has 1 rings (SSSR count). The zero-order valence-corrected chi connectivity index (χ0v) is 8.03.